The van der Waals surface area contributed by atoms with Gasteiger partial charge in [0, 0.05) is 51.3 Å². The Labute approximate surface area is 194 Å². The van der Waals surface area contributed by atoms with E-state index in [9.17, 15) is 9.59 Å². The molecule has 1 amide bonds. The number of hydrogen-bond donors (Lipinski definition) is 0. The quantitative estimate of drug-likeness (QED) is 0.398. The first kappa shape index (κ1) is 23.0. The van der Waals surface area contributed by atoms with E-state index in [-0.39, 0.29) is 23.7 Å². The van der Waals surface area contributed by atoms with Gasteiger partial charge in [0.15, 0.2) is 0 Å². The zero-order chi connectivity index (χ0) is 21.7. The van der Waals surface area contributed by atoms with Crippen molar-refractivity contribution in [2.75, 3.05) is 36.9 Å². The number of amides is 1. The van der Waals surface area contributed by atoms with Gasteiger partial charge in [-0.2, -0.15) is 0 Å². The lowest BCUT2D eigenvalue weighted by Gasteiger charge is -2.41. The summed E-state index contributed by atoms with van der Waals surface area (Å²) in [5.74, 6) is -0.000715. The zero-order valence-corrected chi connectivity index (χ0v) is 20.1. The van der Waals surface area contributed by atoms with Crippen molar-refractivity contribution in [1.29, 1.82) is 0 Å². The van der Waals surface area contributed by atoms with E-state index in [1.54, 1.807) is 6.92 Å². The molecule has 1 fully saturated rings. The third-order valence-electron chi connectivity index (χ3n) is 4.89. The average Bonchev–Trinajstić information content (AvgIpc) is 2.72. The maximum atomic E-state index is 13.1. The number of piperazine rings is 1. The molecule has 8 heteroatoms. The Bertz CT molecular complexity index is 927. The summed E-state index contributed by atoms with van der Waals surface area (Å²) in [4.78, 5) is 29.7. The minimum Gasteiger partial charge on any atom is -0.465 e. The van der Waals surface area contributed by atoms with Crippen molar-refractivity contribution in [3.05, 3.63) is 57.5 Å². The van der Waals surface area contributed by atoms with Gasteiger partial charge in [0.05, 0.1) is 12.4 Å². The second-order valence-electron chi connectivity index (χ2n) is 7.01. The zero-order valence-electron chi connectivity index (χ0n) is 16.9. The maximum Gasteiger partial charge on any atom is 0.316 e. The van der Waals surface area contributed by atoms with E-state index in [1.165, 1.54) is 11.8 Å². The number of nitrogens with zero attached hydrogens (tertiary/aromatic N) is 2. The van der Waals surface area contributed by atoms with E-state index in [4.69, 9.17) is 16.3 Å². The molecule has 0 saturated carbocycles. The van der Waals surface area contributed by atoms with E-state index >= 15 is 0 Å². The van der Waals surface area contributed by atoms with Crippen LogP contribution in [0.4, 0.5) is 5.69 Å². The van der Waals surface area contributed by atoms with Crippen LogP contribution >= 0.6 is 39.3 Å². The van der Waals surface area contributed by atoms with Crippen LogP contribution in [0, 0.1) is 0 Å². The van der Waals surface area contributed by atoms with Gasteiger partial charge in [0.25, 0.3) is 5.91 Å². The molecule has 1 atom stereocenters. The molecule has 30 heavy (non-hydrogen) atoms. The van der Waals surface area contributed by atoms with Crippen molar-refractivity contribution in [2.45, 2.75) is 24.8 Å². The summed E-state index contributed by atoms with van der Waals surface area (Å²) in [6, 6.07) is 13.4. The molecule has 2 aromatic rings. The topological polar surface area (TPSA) is 49.9 Å². The molecule has 0 bridgehead atoms. The summed E-state index contributed by atoms with van der Waals surface area (Å²) in [5.41, 5.74) is 1.71. The van der Waals surface area contributed by atoms with E-state index in [1.807, 2.05) is 47.4 Å². The maximum absolute atomic E-state index is 13.1. The fourth-order valence-electron chi connectivity index (χ4n) is 3.42. The Morgan fingerprint density at radius 2 is 2.03 bits per heavy atom. The molecule has 0 unspecified atom stereocenters. The Balaban J connectivity index is 1.64. The fraction of sp³-hybridized carbons (Fsp3) is 0.364. The molecule has 0 radical (unpaired) electrons. The summed E-state index contributed by atoms with van der Waals surface area (Å²) >= 11 is 11.0. The van der Waals surface area contributed by atoms with Crippen LogP contribution in [-0.4, -0.2) is 54.8 Å². The average molecular weight is 512 g/mol. The van der Waals surface area contributed by atoms with Gasteiger partial charge in [-0.1, -0.05) is 17.7 Å². The van der Waals surface area contributed by atoms with Gasteiger partial charge in [-0.05, 0) is 66.2 Å². The number of ether oxygens (including phenoxy) is 1. The third-order valence-corrected chi connectivity index (χ3v) is 7.09. The van der Waals surface area contributed by atoms with Crippen molar-refractivity contribution < 1.29 is 14.3 Å². The van der Waals surface area contributed by atoms with Crippen LogP contribution in [0.3, 0.4) is 0 Å². The first-order valence-electron chi connectivity index (χ1n) is 9.78. The highest BCUT2D eigenvalue weighted by atomic mass is 79.9. The number of rotatable bonds is 6. The van der Waals surface area contributed by atoms with Gasteiger partial charge in [-0.25, -0.2) is 0 Å². The standard InChI is InChI=1S/C22H24BrClN2O3S/c1-3-29-21(27)14-30-20-8-7-16(11-19(20)23)22(28)26-10-9-25(13-15(26)2)18-6-4-5-17(24)12-18/h4-8,11-12,15H,3,9-10,13-14H2,1-2H3/t15-/m1/s1. The number of carbonyl (C=O) groups excluding carboxylic acids is 2. The smallest absolute Gasteiger partial charge is 0.316 e. The summed E-state index contributed by atoms with van der Waals surface area (Å²) in [5, 5.41) is 0.712. The highest BCUT2D eigenvalue weighted by Gasteiger charge is 2.28. The van der Waals surface area contributed by atoms with Crippen molar-refractivity contribution >= 4 is 56.9 Å². The molecular formula is C22H24BrClN2O3S. The Morgan fingerprint density at radius 3 is 2.70 bits per heavy atom. The number of esters is 1. The predicted molar refractivity (Wildman–Crippen MR) is 126 cm³/mol. The van der Waals surface area contributed by atoms with Gasteiger partial charge in [-0.3, -0.25) is 9.59 Å². The lowest BCUT2D eigenvalue weighted by molar-refractivity contribution is -0.139. The second kappa shape index (κ2) is 10.6. The summed E-state index contributed by atoms with van der Waals surface area (Å²) in [6.45, 7) is 6.37. The molecule has 1 aliphatic heterocycles. The number of halogens is 2. The van der Waals surface area contributed by atoms with Gasteiger partial charge >= 0.3 is 5.97 Å². The number of thioether (sulfide) groups is 1. The minimum absolute atomic E-state index is 0.0101. The van der Waals surface area contributed by atoms with Crippen molar-refractivity contribution in [3.63, 3.8) is 0 Å². The highest BCUT2D eigenvalue weighted by Crippen LogP contribution is 2.30. The van der Waals surface area contributed by atoms with Crippen LogP contribution < -0.4 is 4.90 Å². The van der Waals surface area contributed by atoms with Gasteiger partial charge in [-0.15, -0.1) is 11.8 Å². The highest BCUT2D eigenvalue weighted by molar-refractivity contribution is 9.10. The van der Waals surface area contributed by atoms with E-state index in [2.05, 4.69) is 27.8 Å². The molecule has 0 aliphatic carbocycles. The Kier molecular flexibility index (Phi) is 8.08. The molecule has 1 heterocycles. The molecule has 0 aromatic heterocycles. The lowest BCUT2D eigenvalue weighted by Crippen LogP contribution is -2.54. The van der Waals surface area contributed by atoms with Crippen molar-refractivity contribution in [3.8, 4) is 0 Å². The lowest BCUT2D eigenvalue weighted by atomic mass is 10.1. The molecule has 2 aromatic carbocycles. The largest absolute Gasteiger partial charge is 0.465 e. The van der Waals surface area contributed by atoms with E-state index < -0.39 is 0 Å². The fourth-order valence-corrected chi connectivity index (χ4v) is 5.05. The number of hydrogen-bond acceptors (Lipinski definition) is 5. The summed E-state index contributed by atoms with van der Waals surface area (Å²) < 4.78 is 5.76. The van der Waals surface area contributed by atoms with Crippen LogP contribution in [0.1, 0.15) is 24.2 Å². The molecule has 3 rings (SSSR count). The molecule has 160 valence electrons. The summed E-state index contributed by atoms with van der Waals surface area (Å²) in [7, 11) is 0. The minimum atomic E-state index is -0.249. The molecular weight excluding hydrogens is 488 g/mol. The number of carbonyl (C=O) groups is 2. The van der Waals surface area contributed by atoms with Crippen molar-refractivity contribution in [1.82, 2.24) is 4.90 Å². The molecule has 0 spiro atoms. The SMILES string of the molecule is CCOC(=O)CSc1ccc(C(=O)N2CCN(c3cccc(Cl)c3)C[C@H]2C)cc1Br. The predicted octanol–water partition coefficient (Wildman–Crippen LogP) is 5.11. The Morgan fingerprint density at radius 1 is 1.23 bits per heavy atom. The van der Waals surface area contributed by atoms with Crippen LogP contribution in [0.15, 0.2) is 51.8 Å². The first-order valence-corrected chi connectivity index (χ1v) is 11.9. The van der Waals surface area contributed by atoms with Gasteiger partial charge in [0.2, 0.25) is 0 Å². The van der Waals surface area contributed by atoms with Gasteiger partial charge < -0.3 is 14.5 Å². The van der Waals surface area contributed by atoms with Crippen LogP contribution in [0.25, 0.3) is 0 Å². The van der Waals surface area contributed by atoms with Crippen LogP contribution in [0.2, 0.25) is 5.02 Å². The first-order chi connectivity index (χ1) is 14.4. The second-order valence-corrected chi connectivity index (χ2v) is 9.32. The number of anilines is 1. The van der Waals surface area contributed by atoms with E-state index in [0.717, 1.165) is 28.1 Å². The van der Waals surface area contributed by atoms with Crippen LogP contribution in [0.5, 0.6) is 0 Å². The van der Waals surface area contributed by atoms with Crippen molar-refractivity contribution in [2.24, 2.45) is 0 Å². The monoisotopic (exact) mass is 510 g/mol. The molecule has 0 N–H and O–H groups in total. The van der Waals surface area contributed by atoms with Crippen LogP contribution in [-0.2, 0) is 9.53 Å². The molecule has 5 nitrogen and oxygen atoms in total. The normalized spacial score (nSPS) is 16.5. The number of benzene rings is 2. The van der Waals surface area contributed by atoms with Gasteiger partial charge in [0.1, 0.15) is 0 Å². The molecule has 1 saturated heterocycles. The third kappa shape index (κ3) is 5.71. The van der Waals surface area contributed by atoms with E-state index in [0.29, 0.717) is 23.7 Å². The Hall–Kier alpha value is -1.70. The summed E-state index contributed by atoms with van der Waals surface area (Å²) in [6.07, 6.45) is 0. The molecule has 1 aliphatic rings.